The lowest BCUT2D eigenvalue weighted by Crippen LogP contribution is -2.66. The van der Waals surface area contributed by atoms with Crippen molar-refractivity contribution in [2.24, 2.45) is 11.1 Å². The Hall–Kier alpha value is -1.66. The molecule has 0 radical (unpaired) electrons. The molecule has 2 atom stereocenters. The van der Waals surface area contributed by atoms with Crippen LogP contribution in [0.3, 0.4) is 0 Å². The van der Waals surface area contributed by atoms with Crippen LogP contribution >= 0.6 is 0 Å². The molecule has 0 saturated heterocycles. The van der Waals surface area contributed by atoms with Gasteiger partial charge in [0.2, 0.25) is 5.91 Å². The third kappa shape index (κ3) is 9.17. The fraction of sp³-hybridized carbons (Fsp3) is 0.679. The Morgan fingerprint density at radius 3 is 1.74 bits per heavy atom. The second-order valence-electron chi connectivity index (χ2n) is 14.0. The van der Waals surface area contributed by atoms with Crippen LogP contribution in [0.15, 0.2) is 24.3 Å². The van der Waals surface area contributed by atoms with E-state index >= 15 is 0 Å². The van der Waals surface area contributed by atoms with E-state index in [4.69, 9.17) is 27.6 Å². The Morgan fingerprint density at radius 2 is 1.31 bits per heavy atom. The van der Waals surface area contributed by atoms with E-state index in [1.54, 1.807) is 12.1 Å². The Balaban J connectivity index is 2.33. The van der Waals surface area contributed by atoms with Crippen molar-refractivity contribution in [2.75, 3.05) is 13.7 Å². The molecule has 42 heavy (non-hydrogen) atoms. The first-order valence-corrected chi connectivity index (χ1v) is 26.7. The third-order valence-electron chi connectivity index (χ3n) is 6.79. The molecular weight excluding hydrogens is 607 g/mol. The molecule has 1 aromatic rings. The first-order valence-electron chi connectivity index (χ1n) is 14.6. The molecule has 0 bridgehead atoms. The second-order valence-corrected chi connectivity index (χ2v) is 31.0. The predicted molar refractivity (Wildman–Crippen MR) is 172 cm³/mol. The smallest absolute Gasteiger partial charge is 0.469 e. The molecule has 10 nitrogen and oxygen atoms in total. The van der Waals surface area contributed by atoms with Gasteiger partial charge < -0.3 is 32.7 Å². The summed E-state index contributed by atoms with van der Waals surface area (Å²) in [6.07, 6.45) is 1.06. The number of rotatable bonds is 15. The number of aliphatic hydroxyl groups is 1. The van der Waals surface area contributed by atoms with Crippen LogP contribution < -0.4 is 10.5 Å². The van der Waals surface area contributed by atoms with Gasteiger partial charge in [0.15, 0.2) is 41.8 Å². The van der Waals surface area contributed by atoms with Crippen LogP contribution in [-0.2, 0) is 26.7 Å². The van der Waals surface area contributed by atoms with E-state index in [0.717, 1.165) is 0 Å². The van der Waals surface area contributed by atoms with Crippen molar-refractivity contribution in [3.8, 4) is 5.75 Å². The molecule has 1 aliphatic rings. The number of hydrogen-bond donors (Lipinski definition) is 2. The van der Waals surface area contributed by atoms with Gasteiger partial charge in [-0.2, -0.15) is 0 Å². The van der Waals surface area contributed by atoms with E-state index in [1.807, 2.05) is 0 Å². The SMILES string of the molecule is COc1ccc(C(=O)C2(O)CCCCC2(C(N)=O)C(=O)OCCC[Si](O[Si](C)(C)C)(O[Si](C)(C)C)O[Si](C)(C)C)cc1. The topological polar surface area (TPSA) is 144 Å². The van der Waals surface area contributed by atoms with E-state index in [9.17, 15) is 19.5 Å². The number of ether oxygens (including phenoxy) is 2. The largest absolute Gasteiger partial charge is 0.497 e. The normalized spacial score (nSPS) is 22.0. The highest BCUT2D eigenvalue weighted by molar-refractivity contribution is 6.90. The van der Waals surface area contributed by atoms with Crippen LogP contribution in [-0.4, -0.2) is 75.8 Å². The van der Waals surface area contributed by atoms with Crippen molar-refractivity contribution in [1.82, 2.24) is 0 Å². The van der Waals surface area contributed by atoms with Crippen molar-refractivity contribution < 1.29 is 41.3 Å². The summed E-state index contributed by atoms with van der Waals surface area (Å²) in [7, 11) is -7.93. The summed E-state index contributed by atoms with van der Waals surface area (Å²) in [5, 5.41) is 11.8. The van der Waals surface area contributed by atoms with E-state index in [2.05, 4.69) is 58.9 Å². The van der Waals surface area contributed by atoms with E-state index in [1.165, 1.54) is 19.2 Å². The van der Waals surface area contributed by atoms with Crippen LogP contribution in [0.4, 0.5) is 0 Å². The van der Waals surface area contributed by atoms with Gasteiger partial charge in [-0.05, 0) is 109 Å². The van der Waals surface area contributed by atoms with Gasteiger partial charge in [-0.25, -0.2) is 0 Å². The average molecular weight is 658 g/mol. The first kappa shape index (κ1) is 36.5. The summed E-state index contributed by atoms with van der Waals surface area (Å²) in [5.41, 5.74) is 1.40. The number of Topliss-reactive ketones (excluding diaryl/α,β-unsaturated/α-hetero) is 1. The molecule has 14 heteroatoms. The number of amides is 1. The molecule has 1 fully saturated rings. The van der Waals surface area contributed by atoms with Gasteiger partial charge in [0.1, 0.15) is 5.75 Å². The second kappa shape index (κ2) is 13.5. The zero-order valence-corrected chi connectivity index (χ0v) is 31.0. The molecule has 0 aromatic heterocycles. The van der Waals surface area contributed by atoms with Gasteiger partial charge in [-0.3, -0.25) is 14.4 Å². The number of carbonyl (C=O) groups is 3. The maximum absolute atomic E-state index is 13.7. The fourth-order valence-electron chi connectivity index (χ4n) is 5.37. The van der Waals surface area contributed by atoms with Crippen molar-refractivity contribution >= 4 is 51.4 Å². The Labute approximate surface area is 255 Å². The first-order chi connectivity index (χ1) is 19.1. The molecule has 0 aliphatic heterocycles. The predicted octanol–water partition coefficient (Wildman–Crippen LogP) is 5.08. The van der Waals surface area contributed by atoms with Gasteiger partial charge in [0, 0.05) is 11.6 Å². The molecule has 1 aliphatic carbocycles. The number of ketones is 1. The van der Waals surface area contributed by atoms with E-state index < -0.39 is 62.4 Å². The highest BCUT2D eigenvalue weighted by Gasteiger charge is 2.66. The van der Waals surface area contributed by atoms with E-state index in [-0.39, 0.29) is 25.0 Å². The molecule has 0 heterocycles. The molecular formula is C28H51NO9Si4. The summed E-state index contributed by atoms with van der Waals surface area (Å²) in [4.78, 5) is 40.4. The third-order valence-corrected chi connectivity index (χ3v) is 18.8. The monoisotopic (exact) mass is 657 g/mol. The minimum Gasteiger partial charge on any atom is -0.497 e. The van der Waals surface area contributed by atoms with Crippen LogP contribution in [0.5, 0.6) is 5.75 Å². The minimum absolute atomic E-state index is 0.0748. The Bertz CT molecular complexity index is 1070. The van der Waals surface area contributed by atoms with Crippen LogP contribution in [0.25, 0.3) is 0 Å². The van der Waals surface area contributed by atoms with Gasteiger partial charge in [-0.15, -0.1) is 0 Å². The zero-order valence-electron chi connectivity index (χ0n) is 27.0. The molecule has 1 saturated carbocycles. The molecule has 2 unspecified atom stereocenters. The maximum atomic E-state index is 13.7. The zero-order chi connectivity index (χ0) is 32.2. The van der Waals surface area contributed by atoms with Crippen LogP contribution in [0.2, 0.25) is 65.0 Å². The number of carbonyl (C=O) groups excluding carboxylic acids is 3. The number of methoxy groups -OCH3 is 1. The van der Waals surface area contributed by atoms with Gasteiger partial charge in [0.05, 0.1) is 13.7 Å². The van der Waals surface area contributed by atoms with Gasteiger partial charge in [-0.1, -0.05) is 6.42 Å². The fourth-order valence-corrected chi connectivity index (χ4v) is 20.0. The number of nitrogens with two attached hydrogens (primary N) is 1. The lowest BCUT2D eigenvalue weighted by Gasteiger charge is -2.45. The van der Waals surface area contributed by atoms with Crippen molar-refractivity contribution in [1.29, 1.82) is 0 Å². The van der Waals surface area contributed by atoms with Crippen LogP contribution in [0, 0.1) is 5.41 Å². The number of esters is 1. The highest BCUT2D eigenvalue weighted by Crippen LogP contribution is 2.47. The lowest BCUT2D eigenvalue weighted by atomic mass is 9.60. The standard InChI is InChI=1S/C28H51NO9Si4/c1-34-23-16-14-22(15-17-23)24(30)28(33)19-12-11-18-27(28,25(29)31)26(32)35-20-13-21-42(36-39(2,3)4,37-40(5,6)7)38-41(8,9)10/h14-17,33H,11-13,18-21H2,1-10H3,(H2,29,31). The summed E-state index contributed by atoms with van der Waals surface area (Å²) in [5.74, 6) is -2.29. The molecule has 1 amide bonds. The van der Waals surface area contributed by atoms with Gasteiger partial charge >= 0.3 is 14.8 Å². The number of benzene rings is 1. The number of primary amides is 1. The molecule has 238 valence electrons. The number of hydrogen-bond acceptors (Lipinski definition) is 9. The van der Waals surface area contributed by atoms with Crippen LogP contribution in [0.1, 0.15) is 42.5 Å². The highest BCUT2D eigenvalue weighted by atomic mass is 28.5. The molecule has 3 N–H and O–H groups in total. The lowest BCUT2D eigenvalue weighted by molar-refractivity contribution is -0.180. The average Bonchev–Trinajstić information content (AvgIpc) is 2.83. The van der Waals surface area contributed by atoms with Crippen molar-refractivity contribution in [3.63, 3.8) is 0 Å². The van der Waals surface area contributed by atoms with Crippen molar-refractivity contribution in [3.05, 3.63) is 29.8 Å². The Kier molecular flexibility index (Phi) is 11.8. The molecule has 1 aromatic carbocycles. The van der Waals surface area contributed by atoms with Crippen molar-refractivity contribution in [2.45, 2.75) is 103 Å². The Morgan fingerprint density at radius 1 is 0.833 bits per heavy atom. The maximum Gasteiger partial charge on any atom is 0.469 e. The van der Waals surface area contributed by atoms with Gasteiger partial charge in [0.25, 0.3) is 0 Å². The summed E-state index contributed by atoms with van der Waals surface area (Å²) >= 11 is 0. The summed E-state index contributed by atoms with van der Waals surface area (Å²) in [6, 6.07) is 6.56. The summed E-state index contributed by atoms with van der Waals surface area (Å²) in [6.45, 7) is 18.8. The molecule has 0 spiro atoms. The summed E-state index contributed by atoms with van der Waals surface area (Å²) < 4.78 is 30.9. The minimum atomic E-state index is -3.16. The molecule has 2 rings (SSSR count). The van der Waals surface area contributed by atoms with E-state index in [0.29, 0.717) is 31.1 Å². The quantitative estimate of drug-likeness (QED) is 0.0867.